The fourth-order valence-corrected chi connectivity index (χ4v) is 5.16. The van der Waals surface area contributed by atoms with Gasteiger partial charge in [-0.2, -0.15) is 13.2 Å². The largest absolute Gasteiger partial charge is 0.416 e. The fraction of sp³-hybridized carbons (Fsp3) is 0.650. The molecule has 1 amide bonds. The van der Waals surface area contributed by atoms with Gasteiger partial charge in [0.1, 0.15) is 0 Å². The molecule has 0 spiro atoms. The van der Waals surface area contributed by atoms with Crippen molar-refractivity contribution < 1.29 is 26.4 Å². The summed E-state index contributed by atoms with van der Waals surface area (Å²) in [6.45, 7) is 2.99. The van der Waals surface area contributed by atoms with Gasteiger partial charge in [0.15, 0.2) is 9.84 Å². The number of carbonyl (C=O) groups is 1. The van der Waals surface area contributed by atoms with Crippen LogP contribution in [0.1, 0.15) is 64.4 Å². The summed E-state index contributed by atoms with van der Waals surface area (Å²) in [6.07, 6.45) is 0.301. The third-order valence-corrected chi connectivity index (χ3v) is 8.14. The van der Waals surface area contributed by atoms with Gasteiger partial charge in [-0.25, -0.2) is 8.42 Å². The summed E-state index contributed by atoms with van der Waals surface area (Å²) in [7, 11) is -4.03. The molecule has 5 nitrogen and oxygen atoms in total. The standard InChI is InChI=1S/C20H29F3N2O3S.ClH/c1-18(2,11-12-25-17(26)14-19(24)9-4-3-5-10-19)29(27,28)16-8-6-7-15(13-16)20(21,22)23;/h6-8,13H,3-5,9-12,14,24H2,1-2H3,(H,25,26);1H. The van der Waals surface area contributed by atoms with E-state index >= 15 is 0 Å². The maximum atomic E-state index is 12.9. The average molecular weight is 471 g/mol. The molecule has 2 rings (SSSR count). The van der Waals surface area contributed by atoms with Crippen molar-refractivity contribution in [3.05, 3.63) is 29.8 Å². The van der Waals surface area contributed by atoms with Gasteiger partial charge in [-0.15, -0.1) is 12.4 Å². The zero-order valence-corrected chi connectivity index (χ0v) is 18.9. The van der Waals surface area contributed by atoms with E-state index in [1.807, 2.05) is 0 Å². The van der Waals surface area contributed by atoms with E-state index in [0.29, 0.717) is 6.07 Å². The summed E-state index contributed by atoms with van der Waals surface area (Å²) in [5, 5.41) is 2.71. The molecule has 0 heterocycles. The highest BCUT2D eigenvalue weighted by molar-refractivity contribution is 7.92. The van der Waals surface area contributed by atoms with Crippen LogP contribution in [0.4, 0.5) is 13.2 Å². The van der Waals surface area contributed by atoms with Crippen LogP contribution < -0.4 is 11.1 Å². The van der Waals surface area contributed by atoms with Crippen molar-refractivity contribution in [2.24, 2.45) is 5.73 Å². The van der Waals surface area contributed by atoms with Crippen molar-refractivity contribution in [3.63, 3.8) is 0 Å². The lowest BCUT2D eigenvalue weighted by Crippen LogP contribution is -2.46. The molecular weight excluding hydrogens is 441 g/mol. The quantitative estimate of drug-likeness (QED) is 0.623. The number of nitrogens with one attached hydrogen (secondary N) is 1. The third-order valence-electron chi connectivity index (χ3n) is 5.61. The first-order valence-electron chi connectivity index (χ1n) is 9.74. The topological polar surface area (TPSA) is 89.3 Å². The number of hydrogen-bond acceptors (Lipinski definition) is 4. The van der Waals surface area contributed by atoms with Crippen molar-refractivity contribution >= 4 is 28.2 Å². The van der Waals surface area contributed by atoms with Gasteiger partial charge in [0.25, 0.3) is 0 Å². The predicted octanol–water partition coefficient (Wildman–Crippen LogP) is 4.24. The van der Waals surface area contributed by atoms with Crippen molar-refractivity contribution in [3.8, 4) is 0 Å². The molecule has 0 aliphatic heterocycles. The van der Waals surface area contributed by atoms with Crippen LogP contribution >= 0.6 is 12.4 Å². The molecule has 30 heavy (non-hydrogen) atoms. The molecule has 1 fully saturated rings. The summed E-state index contributed by atoms with van der Waals surface area (Å²) in [5.74, 6) is -0.235. The molecule has 0 atom stereocenters. The molecule has 10 heteroatoms. The van der Waals surface area contributed by atoms with Gasteiger partial charge in [0, 0.05) is 18.5 Å². The molecule has 0 saturated heterocycles. The predicted molar refractivity (Wildman–Crippen MR) is 112 cm³/mol. The van der Waals surface area contributed by atoms with Crippen LogP contribution in [0.15, 0.2) is 29.2 Å². The number of carbonyl (C=O) groups excluding carboxylic acids is 1. The zero-order valence-electron chi connectivity index (χ0n) is 17.2. The maximum Gasteiger partial charge on any atom is 0.416 e. The molecule has 172 valence electrons. The molecule has 0 unspecified atom stereocenters. The zero-order chi connectivity index (χ0) is 21.9. The van der Waals surface area contributed by atoms with Gasteiger partial charge in [0.05, 0.1) is 15.2 Å². The molecular formula is C20H30ClF3N2O3S. The van der Waals surface area contributed by atoms with E-state index in [0.717, 1.165) is 50.3 Å². The van der Waals surface area contributed by atoms with Gasteiger partial charge in [-0.3, -0.25) is 4.79 Å². The summed E-state index contributed by atoms with van der Waals surface area (Å²) in [5.41, 5.74) is 4.74. The number of rotatable bonds is 7. The van der Waals surface area contributed by atoms with Gasteiger partial charge in [-0.1, -0.05) is 25.3 Å². The SMILES string of the molecule is CC(C)(CCNC(=O)CC1(N)CCCCC1)S(=O)(=O)c1cccc(C(F)(F)F)c1.Cl. The third kappa shape index (κ3) is 6.59. The van der Waals surface area contributed by atoms with E-state index in [4.69, 9.17) is 5.73 Å². The highest BCUT2D eigenvalue weighted by Crippen LogP contribution is 2.34. The molecule has 1 saturated carbocycles. The van der Waals surface area contributed by atoms with E-state index in [2.05, 4.69) is 5.32 Å². The molecule has 0 bridgehead atoms. The minimum Gasteiger partial charge on any atom is -0.356 e. The Morgan fingerprint density at radius 3 is 2.33 bits per heavy atom. The lowest BCUT2D eigenvalue weighted by molar-refractivity contribution is -0.137. The van der Waals surface area contributed by atoms with E-state index in [9.17, 15) is 26.4 Å². The van der Waals surface area contributed by atoms with Crippen LogP contribution in [0.25, 0.3) is 0 Å². The number of amides is 1. The highest BCUT2D eigenvalue weighted by atomic mass is 35.5. The van der Waals surface area contributed by atoms with Crippen LogP contribution in [0.2, 0.25) is 0 Å². The Labute approximate surface area is 182 Å². The monoisotopic (exact) mass is 470 g/mol. The van der Waals surface area contributed by atoms with Crippen LogP contribution in [0, 0.1) is 0 Å². The first-order valence-corrected chi connectivity index (χ1v) is 11.2. The van der Waals surface area contributed by atoms with E-state index in [-0.39, 0.29) is 42.6 Å². The number of hydrogen-bond donors (Lipinski definition) is 2. The minimum absolute atomic E-state index is 0. The van der Waals surface area contributed by atoms with Crippen LogP contribution in [0.3, 0.4) is 0 Å². The van der Waals surface area contributed by atoms with E-state index in [1.54, 1.807) is 0 Å². The van der Waals surface area contributed by atoms with Crippen molar-refractivity contribution in [1.29, 1.82) is 0 Å². The minimum atomic E-state index is -4.62. The second-order valence-corrected chi connectivity index (χ2v) is 11.1. The van der Waals surface area contributed by atoms with Gasteiger partial charge in [0.2, 0.25) is 5.91 Å². The number of sulfone groups is 1. The Kier molecular flexibility index (Phi) is 8.79. The van der Waals surface area contributed by atoms with Crippen LogP contribution in [-0.2, 0) is 20.8 Å². The van der Waals surface area contributed by atoms with Gasteiger partial charge >= 0.3 is 6.18 Å². The molecule has 3 N–H and O–H groups in total. The number of nitrogens with two attached hydrogens (primary N) is 1. The molecule has 0 aromatic heterocycles. The Hall–Kier alpha value is -1.32. The Balaban J connectivity index is 0.00000450. The normalized spacial score (nSPS) is 17.1. The van der Waals surface area contributed by atoms with Crippen molar-refractivity contribution in [1.82, 2.24) is 5.32 Å². The number of alkyl halides is 3. The maximum absolute atomic E-state index is 12.9. The summed E-state index contributed by atoms with van der Waals surface area (Å²) in [6, 6.07) is 3.72. The van der Waals surface area contributed by atoms with E-state index in [1.165, 1.54) is 13.8 Å². The van der Waals surface area contributed by atoms with Crippen molar-refractivity contribution in [2.45, 2.75) is 80.2 Å². The molecule has 1 aliphatic carbocycles. The lowest BCUT2D eigenvalue weighted by Gasteiger charge is -2.33. The van der Waals surface area contributed by atoms with Crippen LogP contribution in [-0.4, -0.2) is 31.2 Å². The van der Waals surface area contributed by atoms with E-state index < -0.39 is 31.9 Å². The Bertz CT molecular complexity index is 836. The second-order valence-electron chi connectivity index (χ2n) is 8.49. The smallest absolute Gasteiger partial charge is 0.356 e. The average Bonchev–Trinajstić information content (AvgIpc) is 2.61. The van der Waals surface area contributed by atoms with Gasteiger partial charge in [-0.05, 0) is 51.3 Å². The summed E-state index contributed by atoms with van der Waals surface area (Å²) in [4.78, 5) is 11.8. The van der Waals surface area contributed by atoms with Crippen LogP contribution in [0.5, 0.6) is 0 Å². The first kappa shape index (κ1) is 26.7. The molecule has 1 aromatic carbocycles. The fourth-order valence-electron chi connectivity index (χ4n) is 3.61. The van der Waals surface area contributed by atoms with Crippen molar-refractivity contribution in [2.75, 3.05) is 6.54 Å². The molecule has 1 aromatic rings. The Morgan fingerprint density at radius 1 is 1.17 bits per heavy atom. The first-order chi connectivity index (χ1) is 13.3. The highest BCUT2D eigenvalue weighted by Gasteiger charge is 2.38. The second kappa shape index (κ2) is 9.87. The lowest BCUT2D eigenvalue weighted by atomic mass is 9.80. The molecule has 1 aliphatic rings. The molecule has 0 radical (unpaired) electrons. The van der Waals surface area contributed by atoms with Gasteiger partial charge < -0.3 is 11.1 Å². The Morgan fingerprint density at radius 2 is 1.77 bits per heavy atom. The number of benzene rings is 1. The summed E-state index contributed by atoms with van der Waals surface area (Å²) < 4.78 is 63.1. The summed E-state index contributed by atoms with van der Waals surface area (Å²) >= 11 is 0. The number of halogens is 4.